The van der Waals surface area contributed by atoms with E-state index in [4.69, 9.17) is 5.26 Å². The number of hydrogen-bond acceptors (Lipinski definition) is 3. The average Bonchev–Trinajstić information content (AvgIpc) is 3.38. The Morgan fingerprint density at radius 1 is 1.41 bits per heavy atom. The molecule has 1 N–H and O–H groups in total. The molecule has 2 fully saturated rings. The number of nitrogens with one attached hydrogen (secondary N) is 1. The van der Waals surface area contributed by atoms with Gasteiger partial charge in [0.2, 0.25) is 5.91 Å². The Hall–Kier alpha value is -1.86. The predicted octanol–water partition coefficient (Wildman–Crippen LogP) is 2.29. The summed E-state index contributed by atoms with van der Waals surface area (Å²) in [4.78, 5) is 14.2. The van der Waals surface area contributed by atoms with Gasteiger partial charge >= 0.3 is 0 Å². The molecule has 2 aliphatic rings. The second-order valence-electron chi connectivity index (χ2n) is 6.62. The Balaban J connectivity index is 1.51. The lowest BCUT2D eigenvalue weighted by Gasteiger charge is -2.37. The van der Waals surface area contributed by atoms with Crippen LogP contribution in [0.3, 0.4) is 0 Å². The first kappa shape index (κ1) is 15.1. The summed E-state index contributed by atoms with van der Waals surface area (Å²) in [6.07, 6.45) is 3.18. The number of nitriles is 1. The minimum Gasteiger partial charge on any atom is -0.342 e. The number of carbonyl (C=O) groups is 1. The third-order valence-corrected chi connectivity index (χ3v) is 4.77. The van der Waals surface area contributed by atoms with Gasteiger partial charge in [-0.05, 0) is 42.9 Å². The van der Waals surface area contributed by atoms with E-state index in [-0.39, 0.29) is 0 Å². The van der Waals surface area contributed by atoms with Crippen molar-refractivity contribution in [2.24, 2.45) is 11.8 Å². The van der Waals surface area contributed by atoms with Crippen molar-refractivity contribution < 1.29 is 4.79 Å². The Bertz CT molecular complexity index is 588. The molecule has 1 amide bonds. The molecule has 1 saturated carbocycles. The molecule has 4 heteroatoms. The standard InChI is InChI=1S/C18H23N3O/c1-13-12-21(18(22)16-5-6-16)8-7-17(13)20-11-15-4-2-3-14(9-15)10-19/h2-4,9,13,16-17,20H,5-8,11-12H2,1H3/t13-,17+/m0/s1. The van der Waals surface area contributed by atoms with Gasteiger partial charge in [0.15, 0.2) is 0 Å². The number of nitrogens with zero attached hydrogens (tertiary/aromatic N) is 2. The number of amides is 1. The van der Waals surface area contributed by atoms with Crippen LogP contribution < -0.4 is 5.32 Å². The molecule has 1 aliphatic carbocycles. The lowest BCUT2D eigenvalue weighted by Crippen LogP contribution is -2.50. The summed E-state index contributed by atoms with van der Waals surface area (Å²) in [5.41, 5.74) is 1.85. The van der Waals surface area contributed by atoms with Gasteiger partial charge in [-0.15, -0.1) is 0 Å². The Labute approximate surface area is 132 Å². The van der Waals surface area contributed by atoms with E-state index in [1.807, 2.05) is 24.3 Å². The zero-order chi connectivity index (χ0) is 15.5. The first-order valence-corrected chi connectivity index (χ1v) is 8.18. The van der Waals surface area contributed by atoms with Crippen LogP contribution in [0.2, 0.25) is 0 Å². The van der Waals surface area contributed by atoms with Crippen LogP contribution in [0.15, 0.2) is 24.3 Å². The normalized spacial score (nSPS) is 24.8. The minimum absolute atomic E-state index is 0.324. The van der Waals surface area contributed by atoms with Crippen molar-refractivity contribution >= 4 is 5.91 Å². The Morgan fingerprint density at radius 2 is 2.23 bits per heavy atom. The molecule has 2 atom stereocenters. The largest absolute Gasteiger partial charge is 0.342 e. The summed E-state index contributed by atoms with van der Waals surface area (Å²) in [6, 6.07) is 10.3. The van der Waals surface area contributed by atoms with Crippen LogP contribution in [-0.2, 0) is 11.3 Å². The van der Waals surface area contributed by atoms with Gasteiger partial charge in [0.25, 0.3) is 0 Å². The van der Waals surface area contributed by atoms with Crippen molar-refractivity contribution in [3.63, 3.8) is 0 Å². The van der Waals surface area contributed by atoms with Crippen LogP contribution in [-0.4, -0.2) is 29.9 Å². The van der Waals surface area contributed by atoms with Gasteiger partial charge in [0, 0.05) is 31.6 Å². The third-order valence-electron chi connectivity index (χ3n) is 4.77. The van der Waals surface area contributed by atoms with Gasteiger partial charge in [0.1, 0.15) is 0 Å². The zero-order valence-electron chi connectivity index (χ0n) is 13.1. The molecule has 1 aromatic carbocycles. The van der Waals surface area contributed by atoms with Crippen molar-refractivity contribution in [3.8, 4) is 6.07 Å². The topological polar surface area (TPSA) is 56.1 Å². The number of piperidine rings is 1. The fourth-order valence-corrected chi connectivity index (χ4v) is 3.24. The lowest BCUT2D eigenvalue weighted by molar-refractivity contribution is -0.134. The van der Waals surface area contributed by atoms with Crippen LogP contribution in [0.25, 0.3) is 0 Å². The molecule has 0 aromatic heterocycles. The minimum atomic E-state index is 0.324. The molecular formula is C18H23N3O. The summed E-state index contributed by atoms with van der Waals surface area (Å²) in [7, 11) is 0. The van der Waals surface area contributed by atoms with Crippen molar-refractivity contribution in [3.05, 3.63) is 35.4 Å². The van der Waals surface area contributed by atoms with E-state index in [1.165, 1.54) is 0 Å². The van der Waals surface area contributed by atoms with Crippen molar-refractivity contribution in [2.75, 3.05) is 13.1 Å². The third kappa shape index (κ3) is 3.48. The van der Waals surface area contributed by atoms with Gasteiger partial charge in [-0.1, -0.05) is 19.1 Å². The number of carbonyl (C=O) groups excluding carboxylic acids is 1. The Kier molecular flexibility index (Phi) is 4.44. The predicted molar refractivity (Wildman–Crippen MR) is 84.9 cm³/mol. The summed E-state index contributed by atoms with van der Waals surface area (Å²) in [5.74, 6) is 1.16. The van der Waals surface area contributed by atoms with Gasteiger partial charge in [-0.2, -0.15) is 5.26 Å². The molecule has 4 nitrogen and oxygen atoms in total. The van der Waals surface area contributed by atoms with Gasteiger partial charge in [-0.3, -0.25) is 4.79 Å². The highest BCUT2D eigenvalue weighted by Crippen LogP contribution is 2.32. The molecule has 1 saturated heterocycles. The van der Waals surface area contributed by atoms with Crippen LogP contribution in [0, 0.1) is 23.2 Å². The number of rotatable bonds is 4. The van der Waals surface area contributed by atoms with Crippen LogP contribution in [0.4, 0.5) is 0 Å². The molecule has 116 valence electrons. The van der Waals surface area contributed by atoms with Gasteiger partial charge in [-0.25, -0.2) is 0 Å². The second kappa shape index (κ2) is 6.50. The summed E-state index contributed by atoms with van der Waals surface area (Å²) in [6.45, 7) is 4.73. The molecule has 22 heavy (non-hydrogen) atoms. The van der Waals surface area contributed by atoms with Crippen molar-refractivity contribution in [2.45, 2.75) is 38.8 Å². The maximum atomic E-state index is 12.1. The quantitative estimate of drug-likeness (QED) is 0.927. The SMILES string of the molecule is C[C@H]1CN(C(=O)C2CC2)CC[C@H]1NCc1cccc(C#N)c1. The van der Waals surface area contributed by atoms with E-state index in [0.29, 0.717) is 29.3 Å². The van der Waals surface area contributed by atoms with E-state index in [2.05, 4.69) is 23.2 Å². The van der Waals surface area contributed by atoms with Crippen molar-refractivity contribution in [1.82, 2.24) is 10.2 Å². The first-order chi connectivity index (χ1) is 10.7. The molecule has 3 rings (SSSR count). The van der Waals surface area contributed by atoms with E-state index in [0.717, 1.165) is 44.5 Å². The van der Waals surface area contributed by atoms with Crippen molar-refractivity contribution in [1.29, 1.82) is 5.26 Å². The van der Waals surface area contributed by atoms with E-state index < -0.39 is 0 Å². The second-order valence-corrected chi connectivity index (χ2v) is 6.62. The summed E-state index contributed by atoms with van der Waals surface area (Å²) < 4.78 is 0. The van der Waals surface area contributed by atoms with Gasteiger partial charge in [0.05, 0.1) is 11.6 Å². The number of likely N-dealkylation sites (tertiary alicyclic amines) is 1. The average molecular weight is 297 g/mol. The molecule has 0 bridgehead atoms. The molecule has 0 unspecified atom stereocenters. The van der Waals surface area contributed by atoms with E-state index in [9.17, 15) is 4.79 Å². The lowest BCUT2D eigenvalue weighted by atomic mass is 9.93. The molecule has 1 heterocycles. The van der Waals surface area contributed by atoms with Crippen LogP contribution >= 0.6 is 0 Å². The van der Waals surface area contributed by atoms with Crippen LogP contribution in [0.1, 0.15) is 37.3 Å². The molecular weight excluding hydrogens is 274 g/mol. The van der Waals surface area contributed by atoms with Gasteiger partial charge < -0.3 is 10.2 Å². The molecule has 0 radical (unpaired) electrons. The highest BCUT2D eigenvalue weighted by molar-refractivity contribution is 5.81. The highest BCUT2D eigenvalue weighted by atomic mass is 16.2. The monoisotopic (exact) mass is 297 g/mol. The zero-order valence-corrected chi connectivity index (χ0v) is 13.1. The fourth-order valence-electron chi connectivity index (χ4n) is 3.24. The summed E-state index contributed by atoms with van der Waals surface area (Å²) >= 11 is 0. The van der Waals surface area contributed by atoms with E-state index >= 15 is 0 Å². The number of hydrogen-bond donors (Lipinski definition) is 1. The fraction of sp³-hybridized carbons (Fsp3) is 0.556. The smallest absolute Gasteiger partial charge is 0.225 e. The molecule has 1 aliphatic heterocycles. The van der Waals surface area contributed by atoms with Crippen LogP contribution in [0.5, 0.6) is 0 Å². The number of benzene rings is 1. The summed E-state index contributed by atoms with van der Waals surface area (Å²) in [5, 5.41) is 12.5. The Morgan fingerprint density at radius 3 is 2.91 bits per heavy atom. The van der Waals surface area contributed by atoms with E-state index in [1.54, 1.807) is 0 Å². The maximum Gasteiger partial charge on any atom is 0.225 e. The maximum absolute atomic E-state index is 12.1. The molecule has 0 spiro atoms. The highest BCUT2D eigenvalue weighted by Gasteiger charge is 2.36. The first-order valence-electron chi connectivity index (χ1n) is 8.18. The molecule has 1 aromatic rings.